The lowest BCUT2D eigenvalue weighted by atomic mass is 10.1. The molecule has 5 nitrogen and oxygen atoms in total. The maximum Gasteiger partial charge on any atom is 0.260 e. The van der Waals surface area contributed by atoms with Gasteiger partial charge in [-0.3, -0.25) is 15.0 Å². The van der Waals surface area contributed by atoms with Gasteiger partial charge >= 0.3 is 0 Å². The van der Waals surface area contributed by atoms with Crippen molar-refractivity contribution in [2.75, 3.05) is 11.9 Å². The molecule has 2 aromatic carbocycles. The van der Waals surface area contributed by atoms with Gasteiger partial charge in [0.2, 0.25) is 0 Å². The second-order valence-corrected chi connectivity index (χ2v) is 9.71. The van der Waals surface area contributed by atoms with E-state index in [1.54, 1.807) is 23.6 Å². The fourth-order valence-corrected chi connectivity index (χ4v) is 5.63. The summed E-state index contributed by atoms with van der Waals surface area (Å²) in [7, 11) is 0. The van der Waals surface area contributed by atoms with Crippen LogP contribution in [0.4, 0.5) is 5.13 Å². The van der Waals surface area contributed by atoms with Crippen molar-refractivity contribution in [2.45, 2.75) is 29.4 Å². The molecule has 0 unspecified atom stereocenters. The molecule has 0 radical (unpaired) electrons. The van der Waals surface area contributed by atoms with Crippen LogP contribution < -0.4 is 5.32 Å². The van der Waals surface area contributed by atoms with E-state index in [0.717, 1.165) is 36.6 Å². The molecule has 0 saturated heterocycles. The molecule has 0 fully saturated rings. The Hall–Kier alpha value is -3.00. The minimum atomic E-state index is -0.177. The van der Waals surface area contributed by atoms with E-state index in [-0.39, 0.29) is 5.91 Å². The number of nitrogens with one attached hydrogen (secondary N) is 1. The van der Waals surface area contributed by atoms with Gasteiger partial charge in [-0.15, -0.1) is 11.3 Å². The first kappa shape index (κ1) is 20.9. The first-order chi connectivity index (χ1) is 15.7. The van der Waals surface area contributed by atoms with Crippen molar-refractivity contribution in [3.05, 3.63) is 101 Å². The number of pyridine rings is 1. The third kappa shape index (κ3) is 4.91. The van der Waals surface area contributed by atoms with Gasteiger partial charge < -0.3 is 0 Å². The number of fused-ring (bicyclic) bond motifs is 1. The topological polar surface area (TPSA) is 58.1 Å². The average molecular weight is 459 g/mol. The minimum absolute atomic E-state index is 0.177. The van der Waals surface area contributed by atoms with Crippen LogP contribution in [0.5, 0.6) is 0 Å². The van der Waals surface area contributed by atoms with E-state index in [1.807, 2.05) is 42.5 Å². The molecular weight excluding hydrogens is 436 g/mol. The Balaban J connectivity index is 1.28. The second-order valence-electron chi connectivity index (χ2n) is 7.56. The van der Waals surface area contributed by atoms with Crippen LogP contribution in [-0.2, 0) is 19.5 Å². The van der Waals surface area contributed by atoms with Crippen molar-refractivity contribution in [3.63, 3.8) is 0 Å². The number of benzene rings is 2. The molecule has 0 aliphatic carbocycles. The van der Waals surface area contributed by atoms with E-state index in [9.17, 15) is 4.79 Å². The van der Waals surface area contributed by atoms with Crippen LogP contribution in [0.2, 0.25) is 0 Å². The number of thiazole rings is 1. The monoisotopic (exact) mass is 458 g/mol. The summed E-state index contributed by atoms with van der Waals surface area (Å²) < 4.78 is 0. The maximum atomic E-state index is 13.0. The van der Waals surface area contributed by atoms with Gasteiger partial charge in [-0.05, 0) is 29.8 Å². The number of carbonyl (C=O) groups is 1. The quantitative estimate of drug-likeness (QED) is 0.413. The fraction of sp³-hybridized carbons (Fsp3) is 0.160. The summed E-state index contributed by atoms with van der Waals surface area (Å²) in [5.41, 5.74) is 2.97. The molecule has 0 atom stereocenters. The molecule has 7 heteroatoms. The van der Waals surface area contributed by atoms with E-state index >= 15 is 0 Å². The summed E-state index contributed by atoms with van der Waals surface area (Å²) in [5, 5.41) is 4.34. The zero-order valence-electron chi connectivity index (χ0n) is 17.4. The molecule has 4 aromatic rings. The lowest BCUT2D eigenvalue weighted by Gasteiger charge is -2.25. The third-order valence-electron chi connectivity index (χ3n) is 5.25. The summed E-state index contributed by atoms with van der Waals surface area (Å²) in [6, 6.07) is 24.1. The molecule has 1 aliphatic rings. The molecule has 0 saturated carbocycles. The molecule has 0 spiro atoms. The van der Waals surface area contributed by atoms with Gasteiger partial charge in [0.25, 0.3) is 5.91 Å². The summed E-state index contributed by atoms with van der Waals surface area (Å²) in [4.78, 5) is 26.9. The molecular formula is C25H22N4OS2. The number of amides is 1. The molecule has 32 heavy (non-hydrogen) atoms. The van der Waals surface area contributed by atoms with Crippen molar-refractivity contribution in [1.82, 2.24) is 14.9 Å². The zero-order valence-corrected chi connectivity index (χ0v) is 19.0. The third-order valence-corrected chi connectivity index (χ3v) is 7.28. The Kier molecular flexibility index (Phi) is 6.29. The Labute approximate surface area is 195 Å². The van der Waals surface area contributed by atoms with Crippen LogP contribution in [-0.4, -0.2) is 27.3 Å². The van der Waals surface area contributed by atoms with Crippen LogP contribution in [0, 0.1) is 0 Å². The second kappa shape index (κ2) is 9.65. The Morgan fingerprint density at radius 1 is 1.03 bits per heavy atom. The van der Waals surface area contributed by atoms with Crippen LogP contribution in [0.15, 0.2) is 88.9 Å². The highest BCUT2D eigenvalue weighted by molar-refractivity contribution is 7.99. The van der Waals surface area contributed by atoms with Crippen LogP contribution >= 0.6 is 23.1 Å². The number of anilines is 1. The molecule has 2 aromatic heterocycles. The molecule has 1 amide bonds. The predicted molar refractivity (Wildman–Crippen MR) is 129 cm³/mol. The van der Waals surface area contributed by atoms with Gasteiger partial charge in [-0.25, -0.2) is 9.97 Å². The average Bonchev–Trinajstić information content (AvgIpc) is 3.22. The molecule has 160 valence electrons. The van der Waals surface area contributed by atoms with Gasteiger partial charge in [0, 0.05) is 42.0 Å². The molecule has 5 rings (SSSR count). The maximum absolute atomic E-state index is 13.0. The first-order valence-electron chi connectivity index (χ1n) is 10.5. The largest absolute Gasteiger partial charge is 0.298 e. The van der Waals surface area contributed by atoms with E-state index in [1.165, 1.54) is 22.2 Å². The fourth-order valence-electron chi connectivity index (χ4n) is 3.69. The number of nitrogens with zero attached hydrogens (tertiary/aromatic N) is 3. The Morgan fingerprint density at radius 2 is 1.81 bits per heavy atom. The minimum Gasteiger partial charge on any atom is -0.298 e. The van der Waals surface area contributed by atoms with Crippen LogP contribution in [0.25, 0.3) is 0 Å². The van der Waals surface area contributed by atoms with E-state index in [2.05, 4.69) is 39.5 Å². The van der Waals surface area contributed by atoms with Crippen molar-refractivity contribution in [3.8, 4) is 0 Å². The van der Waals surface area contributed by atoms with Gasteiger partial charge in [0.15, 0.2) is 5.13 Å². The van der Waals surface area contributed by atoms with E-state index in [0.29, 0.717) is 15.7 Å². The van der Waals surface area contributed by atoms with Crippen LogP contribution in [0.3, 0.4) is 0 Å². The van der Waals surface area contributed by atoms with Gasteiger partial charge in [-0.2, -0.15) is 0 Å². The van der Waals surface area contributed by atoms with Gasteiger partial charge in [0.1, 0.15) is 5.03 Å². The highest BCUT2D eigenvalue weighted by Crippen LogP contribution is 2.31. The summed E-state index contributed by atoms with van der Waals surface area (Å²) >= 11 is 3.06. The number of hydrogen-bond acceptors (Lipinski definition) is 6. The lowest BCUT2D eigenvalue weighted by molar-refractivity contribution is 0.102. The number of aromatic nitrogens is 2. The van der Waals surface area contributed by atoms with Crippen molar-refractivity contribution >= 4 is 34.1 Å². The van der Waals surface area contributed by atoms with E-state index in [4.69, 9.17) is 4.98 Å². The summed E-state index contributed by atoms with van der Waals surface area (Å²) in [5.74, 6) is -0.177. The van der Waals surface area contributed by atoms with E-state index < -0.39 is 0 Å². The van der Waals surface area contributed by atoms with Crippen molar-refractivity contribution in [1.29, 1.82) is 0 Å². The Morgan fingerprint density at radius 3 is 2.62 bits per heavy atom. The van der Waals surface area contributed by atoms with Crippen molar-refractivity contribution < 1.29 is 4.79 Å². The SMILES string of the molecule is O=C(Nc1nc2c(s1)CN(Cc1ccccc1)CC2)c1cccnc1Sc1ccccc1. The van der Waals surface area contributed by atoms with Crippen molar-refractivity contribution in [2.24, 2.45) is 0 Å². The predicted octanol–water partition coefficient (Wildman–Crippen LogP) is 5.50. The molecule has 1 aliphatic heterocycles. The Bertz CT molecular complexity index is 1210. The number of carbonyl (C=O) groups excluding carboxylic acids is 1. The number of hydrogen-bond donors (Lipinski definition) is 1. The standard InChI is InChI=1S/C25H22N4OS2/c30-23(20-12-7-14-26-24(20)31-19-10-5-2-6-11-19)28-25-27-21-13-15-29(17-22(21)32-25)16-18-8-3-1-4-9-18/h1-12,14H,13,15-17H2,(H,27,28,30). The molecule has 0 bridgehead atoms. The molecule has 1 N–H and O–H groups in total. The molecule has 3 heterocycles. The van der Waals surface area contributed by atoms with Crippen LogP contribution in [0.1, 0.15) is 26.5 Å². The summed E-state index contributed by atoms with van der Waals surface area (Å²) in [6.45, 7) is 2.76. The first-order valence-corrected chi connectivity index (χ1v) is 12.1. The smallest absolute Gasteiger partial charge is 0.260 e. The normalized spacial score (nSPS) is 13.5. The number of rotatable bonds is 6. The van der Waals surface area contributed by atoms with Gasteiger partial charge in [0.05, 0.1) is 11.3 Å². The van der Waals surface area contributed by atoms with Gasteiger partial charge in [-0.1, -0.05) is 60.3 Å². The highest BCUT2D eigenvalue weighted by Gasteiger charge is 2.22. The highest BCUT2D eigenvalue weighted by atomic mass is 32.2. The summed E-state index contributed by atoms with van der Waals surface area (Å²) in [6.07, 6.45) is 2.61. The zero-order chi connectivity index (χ0) is 21.8. The lowest BCUT2D eigenvalue weighted by Crippen LogP contribution is -2.29.